The maximum absolute atomic E-state index is 12.7. The van der Waals surface area contributed by atoms with Gasteiger partial charge in [0.05, 0.1) is 5.52 Å². The van der Waals surface area contributed by atoms with Crippen molar-refractivity contribution >= 4 is 17.0 Å². The molecule has 0 saturated carbocycles. The third kappa shape index (κ3) is 3.35. The summed E-state index contributed by atoms with van der Waals surface area (Å²) in [6.45, 7) is 4.55. The van der Waals surface area contributed by atoms with E-state index < -0.39 is 0 Å². The lowest BCUT2D eigenvalue weighted by atomic mass is 10.2. The number of para-hydroxylation sites is 2. The zero-order chi connectivity index (χ0) is 17.2. The molecule has 4 rings (SSSR count). The molecule has 0 N–H and O–H groups in total. The first-order chi connectivity index (χ1) is 12.2. The van der Waals surface area contributed by atoms with Crippen molar-refractivity contribution < 1.29 is 9.21 Å². The maximum Gasteiger partial charge on any atom is 0.419 e. The Hall–Kier alpha value is -2.08. The van der Waals surface area contributed by atoms with Crippen LogP contribution in [0.5, 0.6) is 0 Å². The van der Waals surface area contributed by atoms with Gasteiger partial charge in [-0.1, -0.05) is 12.1 Å². The second kappa shape index (κ2) is 7.04. The first kappa shape index (κ1) is 16.4. The largest absolute Gasteiger partial charge is 0.419 e. The molecule has 3 heterocycles. The van der Waals surface area contributed by atoms with Crippen LogP contribution in [0.1, 0.15) is 32.1 Å². The van der Waals surface area contributed by atoms with Gasteiger partial charge in [0.1, 0.15) is 0 Å². The van der Waals surface area contributed by atoms with Gasteiger partial charge in [-0.25, -0.2) is 4.79 Å². The molecule has 2 fully saturated rings. The number of oxazole rings is 1. The number of aromatic nitrogens is 1. The minimum absolute atomic E-state index is 0.152. The molecule has 0 bridgehead atoms. The van der Waals surface area contributed by atoms with E-state index in [1.807, 2.05) is 23.1 Å². The van der Waals surface area contributed by atoms with Crippen LogP contribution in [0.15, 0.2) is 33.5 Å². The Kier molecular flexibility index (Phi) is 4.61. The summed E-state index contributed by atoms with van der Waals surface area (Å²) in [5, 5.41) is 0. The number of likely N-dealkylation sites (tertiary alicyclic amines) is 2. The highest BCUT2D eigenvalue weighted by Gasteiger charge is 2.30. The summed E-state index contributed by atoms with van der Waals surface area (Å²) in [6, 6.07) is 7.69. The summed E-state index contributed by atoms with van der Waals surface area (Å²) in [4.78, 5) is 29.3. The number of hydrogen-bond donors (Lipinski definition) is 0. The van der Waals surface area contributed by atoms with Gasteiger partial charge in [-0.05, 0) is 50.9 Å². The van der Waals surface area contributed by atoms with Gasteiger partial charge in [0.15, 0.2) is 5.58 Å². The Balaban J connectivity index is 1.40. The number of rotatable bonds is 5. The quantitative estimate of drug-likeness (QED) is 0.834. The van der Waals surface area contributed by atoms with Crippen molar-refractivity contribution in [3.05, 3.63) is 34.8 Å². The summed E-state index contributed by atoms with van der Waals surface area (Å²) in [7, 11) is 0. The van der Waals surface area contributed by atoms with Gasteiger partial charge in [0, 0.05) is 32.1 Å². The molecule has 0 unspecified atom stereocenters. The molecule has 25 heavy (non-hydrogen) atoms. The van der Waals surface area contributed by atoms with Crippen LogP contribution in [0.4, 0.5) is 0 Å². The number of aryl methyl sites for hydroxylation is 1. The number of hydrogen-bond acceptors (Lipinski definition) is 4. The predicted octanol–water partition coefficient (Wildman–Crippen LogP) is 2.07. The van der Waals surface area contributed by atoms with Gasteiger partial charge < -0.3 is 14.2 Å². The molecule has 134 valence electrons. The zero-order valence-corrected chi connectivity index (χ0v) is 14.5. The molecule has 0 spiro atoms. The summed E-state index contributed by atoms with van der Waals surface area (Å²) in [5.74, 6) is -0.233. The fourth-order valence-electron chi connectivity index (χ4n) is 4.19. The highest BCUT2D eigenvalue weighted by Crippen LogP contribution is 2.21. The number of carbonyl (C=O) groups excluding carboxylic acids is 1. The van der Waals surface area contributed by atoms with E-state index in [-0.39, 0.29) is 11.7 Å². The number of nitrogens with zero attached hydrogens (tertiary/aromatic N) is 3. The normalized spacial score (nSPS) is 21.4. The van der Waals surface area contributed by atoms with Gasteiger partial charge in [0.2, 0.25) is 5.91 Å². The van der Waals surface area contributed by atoms with Gasteiger partial charge in [-0.3, -0.25) is 9.36 Å². The van der Waals surface area contributed by atoms with Gasteiger partial charge >= 0.3 is 5.76 Å². The highest BCUT2D eigenvalue weighted by atomic mass is 16.4. The Bertz CT molecular complexity index is 804. The molecule has 6 nitrogen and oxygen atoms in total. The summed E-state index contributed by atoms with van der Waals surface area (Å²) in [6.07, 6.45) is 5.07. The molecule has 2 aliphatic rings. The van der Waals surface area contributed by atoms with E-state index in [0.717, 1.165) is 44.5 Å². The molecule has 2 aliphatic heterocycles. The van der Waals surface area contributed by atoms with E-state index in [2.05, 4.69) is 4.90 Å². The van der Waals surface area contributed by atoms with Crippen molar-refractivity contribution in [1.82, 2.24) is 14.4 Å². The molecule has 1 amide bonds. The van der Waals surface area contributed by atoms with Gasteiger partial charge in [-0.15, -0.1) is 0 Å². The van der Waals surface area contributed by atoms with Crippen LogP contribution in [-0.2, 0) is 11.3 Å². The van der Waals surface area contributed by atoms with Gasteiger partial charge in [0.25, 0.3) is 0 Å². The van der Waals surface area contributed by atoms with Crippen molar-refractivity contribution in [2.45, 2.75) is 44.7 Å². The van der Waals surface area contributed by atoms with Crippen LogP contribution in [0.2, 0.25) is 0 Å². The Morgan fingerprint density at radius 2 is 1.92 bits per heavy atom. The minimum atomic E-state index is -0.385. The van der Waals surface area contributed by atoms with E-state index in [4.69, 9.17) is 4.42 Å². The molecule has 6 heteroatoms. The molecule has 2 aromatic rings. The first-order valence-corrected chi connectivity index (χ1v) is 9.32. The van der Waals surface area contributed by atoms with Crippen LogP contribution in [0.3, 0.4) is 0 Å². The van der Waals surface area contributed by atoms with Crippen LogP contribution < -0.4 is 5.76 Å². The molecule has 1 aromatic heterocycles. The monoisotopic (exact) mass is 343 g/mol. The number of carbonyl (C=O) groups is 1. The smallest absolute Gasteiger partial charge is 0.408 e. The van der Waals surface area contributed by atoms with Crippen LogP contribution >= 0.6 is 0 Å². The summed E-state index contributed by atoms with van der Waals surface area (Å²) in [5.41, 5.74) is 1.34. The second-order valence-electron chi connectivity index (χ2n) is 7.13. The molecule has 1 aromatic carbocycles. The molecular weight excluding hydrogens is 318 g/mol. The Morgan fingerprint density at radius 3 is 2.76 bits per heavy atom. The predicted molar refractivity (Wildman–Crippen MR) is 95.5 cm³/mol. The number of benzene rings is 1. The first-order valence-electron chi connectivity index (χ1n) is 9.32. The van der Waals surface area contributed by atoms with E-state index in [1.54, 1.807) is 10.6 Å². The van der Waals surface area contributed by atoms with Crippen molar-refractivity contribution in [3.8, 4) is 0 Å². The second-order valence-corrected chi connectivity index (χ2v) is 7.13. The van der Waals surface area contributed by atoms with E-state index >= 15 is 0 Å². The van der Waals surface area contributed by atoms with Crippen molar-refractivity contribution in [2.24, 2.45) is 0 Å². The maximum atomic E-state index is 12.7. The topological polar surface area (TPSA) is 58.7 Å². The molecule has 1 atom stereocenters. The number of fused-ring (bicyclic) bond motifs is 1. The SMILES string of the molecule is O=C(CCn1c(=O)oc2ccccc21)N1CCC[C@@H]1CN1CCCC1. The van der Waals surface area contributed by atoms with Crippen LogP contribution in [-0.4, -0.2) is 52.5 Å². The average molecular weight is 343 g/mol. The zero-order valence-electron chi connectivity index (χ0n) is 14.5. The van der Waals surface area contributed by atoms with Gasteiger partial charge in [-0.2, -0.15) is 0 Å². The van der Waals surface area contributed by atoms with E-state index in [9.17, 15) is 9.59 Å². The van der Waals surface area contributed by atoms with Crippen LogP contribution in [0.25, 0.3) is 11.1 Å². The van der Waals surface area contributed by atoms with Crippen molar-refractivity contribution in [3.63, 3.8) is 0 Å². The Labute approximate surface area is 147 Å². The molecule has 0 aliphatic carbocycles. The summed E-state index contributed by atoms with van der Waals surface area (Å²) < 4.78 is 6.81. The molecular formula is C19H25N3O3. The summed E-state index contributed by atoms with van der Waals surface area (Å²) >= 11 is 0. The average Bonchev–Trinajstić information content (AvgIpc) is 3.33. The third-order valence-electron chi connectivity index (χ3n) is 5.49. The lowest BCUT2D eigenvalue weighted by Crippen LogP contribution is -2.42. The number of amides is 1. The fraction of sp³-hybridized carbons (Fsp3) is 0.579. The Morgan fingerprint density at radius 1 is 1.12 bits per heavy atom. The highest BCUT2D eigenvalue weighted by molar-refractivity contribution is 5.77. The lowest BCUT2D eigenvalue weighted by molar-refractivity contribution is -0.132. The molecule has 0 radical (unpaired) electrons. The minimum Gasteiger partial charge on any atom is -0.408 e. The van der Waals surface area contributed by atoms with Crippen molar-refractivity contribution in [1.29, 1.82) is 0 Å². The van der Waals surface area contributed by atoms with Crippen LogP contribution in [0, 0.1) is 0 Å². The third-order valence-corrected chi connectivity index (χ3v) is 5.49. The lowest BCUT2D eigenvalue weighted by Gasteiger charge is -2.28. The van der Waals surface area contributed by atoms with E-state index in [0.29, 0.717) is 24.6 Å². The van der Waals surface area contributed by atoms with E-state index in [1.165, 1.54) is 12.8 Å². The van der Waals surface area contributed by atoms with Crippen molar-refractivity contribution in [2.75, 3.05) is 26.2 Å². The standard InChI is InChI=1S/C19H25N3O3/c23-18(21-12-5-6-15(21)14-20-10-3-4-11-20)9-13-22-16-7-1-2-8-17(16)25-19(22)24/h1-2,7-8,15H,3-6,9-14H2/t15-/m1/s1. The molecule has 2 saturated heterocycles. The fourth-order valence-corrected chi connectivity index (χ4v) is 4.19.